The summed E-state index contributed by atoms with van der Waals surface area (Å²) in [5.41, 5.74) is 0. The van der Waals surface area contributed by atoms with Gasteiger partial charge in [-0.1, -0.05) is 12.1 Å². The standard InChI is InChI=1S/C15H22N4S2/c1-16-15(17-10-12-6-4-8-20-12)18-11-13(19(2)3)14-7-5-9-21-14/h4-9,13H,10-11H2,1-3H3,(H2,16,17,18). The summed E-state index contributed by atoms with van der Waals surface area (Å²) in [5, 5.41) is 11.0. The molecule has 2 rings (SSSR count). The van der Waals surface area contributed by atoms with E-state index in [1.807, 2.05) is 0 Å². The van der Waals surface area contributed by atoms with Crippen molar-refractivity contribution in [2.75, 3.05) is 27.7 Å². The average molecular weight is 323 g/mol. The molecule has 114 valence electrons. The number of hydrogen-bond acceptors (Lipinski definition) is 4. The lowest BCUT2D eigenvalue weighted by molar-refractivity contribution is 0.302. The van der Waals surface area contributed by atoms with E-state index in [1.54, 1.807) is 29.7 Å². The highest BCUT2D eigenvalue weighted by molar-refractivity contribution is 7.10. The fraction of sp³-hybridized carbons (Fsp3) is 0.400. The molecule has 2 aromatic heterocycles. The predicted octanol–water partition coefficient (Wildman–Crippen LogP) is 2.78. The summed E-state index contributed by atoms with van der Waals surface area (Å²) in [6.45, 7) is 1.64. The van der Waals surface area contributed by atoms with Gasteiger partial charge >= 0.3 is 0 Å². The van der Waals surface area contributed by atoms with Gasteiger partial charge in [0, 0.05) is 23.3 Å². The zero-order valence-electron chi connectivity index (χ0n) is 12.7. The van der Waals surface area contributed by atoms with Crippen molar-refractivity contribution in [3.63, 3.8) is 0 Å². The minimum absolute atomic E-state index is 0.352. The van der Waals surface area contributed by atoms with Crippen molar-refractivity contribution in [3.8, 4) is 0 Å². The molecule has 0 bridgehead atoms. The van der Waals surface area contributed by atoms with Crippen molar-refractivity contribution in [3.05, 3.63) is 44.8 Å². The molecule has 2 heterocycles. The molecule has 0 radical (unpaired) electrons. The molecule has 0 saturated carbocycles. The lowest BCUT2D eigenvalue weighted by Gasteiger charge is -2.24. The van der Waals surface area contributed by atoms with Crippen molar-refractivity contribution in [1.29, 1.82) is 0 Å². The Balaban J connectivity index is 1.86. The van der Waals surface area contributed by atoms with Gasteiger partial charge in [-0.05, 0) is 37.0 Å². The molecule has 0 aromatic carbocycles. The van der Waals surface area contributed by atoms with E-state index in [0.29, 0.717) is 6.04 Å². The van der Waals surface area contributed by atoms with Crippen LogP contribution < -0.4 is 10.6 Å². The minimum atomic E-state index is 0.352. The minimum Gasteiger partial charge on any atom is -0.354 e. The molecule has 0 aliphatic rings. The predicted molar refractivity (Wildman–Crippen MR) is 93.3 cm³/mol. The number of guanidine groups is 1. The van der Waals surface area contributed by atoms with Gasteiger partial charge in [0.25, 0.3) is 0 Å². The number of nitrogens with one attached hydrogen (secondary N) is 2. The zero-order chi connectivity index (χ0) is 15.1. The van der Waals surface area contributed by atoms with Gasteiger partial charge in [0.2, 0.25) is 0 Å². The first-order valence-corrected chi connectivity index (χ1v) is 8.63. The third-order valence-corrected chi connectivity index (χ3v) is 5.04. The van der Waals surface area contributed by atoms with Crippen LogP contribution >= 0.6 is 22.7 Å². The van der Waals surface area contributed by atoms with Crippen molar-refractivity contribution in [2.45, 2.75) is 12.6 Å². The molecule has 0 amide bonds. The van der Waals surface area contributed by atoms with E-state index >= 15 is 0 Å². The van der Waals surface area contributed by atoms with E-state index in [0.717, 1.165) is 19.0 Å². The molecule has 1 unspecified atom stereocenters. The van der Waals surface area contributed by atoms with Crippen LogP contribution in [0.2, 0.25) is 0 Å². The maximum Gasteiger partial charge on any atom is 0.191 e. The van der Waals surface area contributed by atoms with Gasteiger partial charge in [0.1, 0.15) is 0 Å². The van der Waals surface area contributed by atoms with Crippen molar-refractivity contribution in [1.82, 2.24) is 15.5 Å². The molecule has 1 atom stereocenters. The number of likely N-dealkylation sites (N-methyl/N-ethyl adjacent to an activating group) is 1. The lowest BCUT2D eigenvalue weighted by atomic mass is 10.2. The monoisotopic (exact) mass is 322 g/mol. The van der Waals surface area contributed by atoms with Gasteiger partial charge in [-0.2, -0.15) is 0 Å². The quantitative estimate of drug-likeness (QED) is 0.634. The van der Waals surface area contributed by atoms with Crippen LogP contribution in [0.5, 0.6) is 0 Å². The van der Waals surface area contributed by atoms with E-state index in [1.165, 1.54) is 9.75 Å². The summed E-state index contributed by atoms with van der Waals surface area (Å²) < 4.78 is 0. The highest BCUT2D eigenvalue weighted by Crippen LogP contribution is 2.22. The normalized spacial score (nSPS) is 13.4. The summed E-state index contributed by atoms with van der Waals surface area (Å²) in [5.74, 6) is 0.840. The lowest BCUT2D eigenvalue weighted by Crippen LogP contribution is -2.41. The van der Waals surface area contributed by atoms with Crippen LogP contribution in [-0.2, 0) is 6.54 Å². The zero-order valence-corrected chi connectivity index (χ0v) is 14.3. The number of hydrogen-bond donors (Lipinski definition) is 2. The first kappa shape index (κ1) is 16.0. The van der Waals surface area contributed by atoms with Gasteiger partial charge in [0.05, 0.1) is 12.6 Å². The van der Waals surface area contributed by atoms with Crippen LogP contribution in [0.4, 0.5) is 0 Å². The van der Waals surface area contributed by atoms with E-state index in [4.69, 9.17) is 0 Å². The van der Waals surface area contributed by atoms with Gasteiger partial charge in [-0.25, -0.2) is 0 Å². The molecule has 0 aliphatic heterocycles. The Bertz CT molecular complexity index is 532. The van der Waals surface area contributed by atoms with Crippen molar-refractivity contribution in [2.24, 2.45) is 4.99 Å². The molecule has 0 aliphatic carbocycles. The summed E-state index contributed by atoms with van der Waals surface area (Å²) >= 11 is 3.54. The first-order chi connectivity index (χ1) is 10.2. The van der Waals surface area contributed by atoms with Gasteiger partial charge < -0.3 is 15.5 Å². The Hall–Kier alpha value is -1.37. The van der Waals surface area contributed by atoms with Crippen LogP contribution in [0.15, 0.2) is 40.0 Å². The first-order valence-electron chi connectivity index (χ1n) is 6.87. The molecule has 2 N–H and O–H groups in total. The Morgan fingerprint density at radius 2 is 1.95 bits per heavy atom. The second kappa shape index (κ2) is 8.17. The van der Waals surface area contributed by atoms with Crippen LogP contribution in [0.25, 0.3) is 0 Å². The third kappa shape index (κ3) is 4.84. The topological polar surface area (TPSA) is 39.7 Å². The largest absolute Gasteiger partial charge is 0.354 e. The molecule has 6 heteroatoms. The van der Waals surface area contributed by atoms with Gasteiger partial charge in [-0.3, -0.25) is 4.99 Å². The highest BCUT2D eigenvalue weighted by atomic mass is 32.1. The molecular formula is C15H22N4S2. The van der Waals surface area contributed by atoms with Gasteiger partial charge in [-0.15, -0.1) is 22.7 Å². The number of thiophene rings is 2. The number of rotatable bonds is 6. The Morgan fingerprint density at radius 1 is 1.19 bits per heavy atom. The third-order valence-electron chi connectivity index (χ3n) is 3.19. The maximum absolute atomic E-state index is 4.28. The molecular weight excluding hydrogens is 300 g/mol. The van der Waals surface area contributed by atoms with Crippen LogP contribution in [0, 0.1) is 0 Å². The number of nitrogens with zero attached hydrogens (tertiary/aromatic N) is 2. The van der Waals surface area contributed by atoms with Crippen LogP contribution in [0.3, 0.4) is 0 Å². The average Bonchev–Trinajstić information content (AvgIpc) is 3.15. The molecule has 0 fully saturated rings. The van der Waals surface area contributed by atoms with E-state index in [9.17, 15) is 0 Å². The molecule has 21 heavy (non-hydrogen) atoms. The summed E-state index contributed by atoms with van der Waals surface area (Å²) in [6.07, 6.45) is 0. The maximum atomic E-state index is 4.28. The SMILES string of the molecule is CN=C(NCc1cccs1)NCC(c1cccs1)N(C)C. The Labute approximate surface area is 134 Å². The summed E-state index contributed by atoms with van der Waals surface area (Å²) in [7, 11) is 6.02. The highest BCUT2D eigenvalue weighted by Gasteiger charge is 2.15. The van der Waals surface area contributed by atoms with Gasteiger partial charge in [0.15, 0.2) is 5.96 Å². The van der Waals surface area contributed by atoms with Crippen LogP contribution in [0.1, 0.15) is 15.8 Å². The van der Waals surface area contributed by atoms with Crippen molar-refractivity contribution >= 4 is 28.6 Å². The smallest absolute Gasteiger partial charge is 0.191 e. The van der Waals surface area contributed by atoms with E-state index in [-0.39, 0.29) is 0 Å². The second-order valence-electron chi connectivity index (χ2n) is 4.88. The molecule has 0 saturated heterocycles. The van der Waals surface area contributed by atoms with Crippen LogP contribution in [-0.4, -0.2) is 38.5 Å². The Morgan fingerprint density at radius 3 is 2.52 bits per heavy atom. The fourth-order valence-electron chi connectivity index (χ4n) is 2.02. The van der Waals surface area contributed by atoms with E-state index in [2.05, 4.69) is 69.6 Å². The fourth-order valence-corrected chi connectivity index (χ4v) is 3.58. The Kier molecular flexibility index (Phi) is 6.22. The summed E-state index contributed by atoms with van der Waals surface area (Å²) in [6, 6.07) is 8.82. The second-order valence-corrected chi connectivity index (χ2v) is 6.89. The summed E-state index contributed by atoms with van der Waals surface area (Å²) in [4.78, 5) is 9.18. The van der Waals surface area contributed by atoms with Crippen molar-refractivity contribution < 1.29 is 0 Å². The van der Waals surface area contributed by atoms with E-state index < -0.39 is 0 Å². The molecule has 2 aromatic rings. The number of aliphatic imine (C=N–C) groups is 1. The molecule has 4 nitrogen and oxygen atoms in total. The molecule has 0 spiro atoms.